The minimum absolute atomic E-state index is 0.400. The van der Waals surface area contributed by atoms with E-state index < -0.39 is 0 Å². The van der Waals surface area contributed by atoms with Crippen LogP contribution in [0.2, 0.25) is 0 Å². The van der Waals surface area contributed by atoms with Gasteiger partial charge < -0.3 is 9.47 Å². The Hall–Kier alpha value is -0.160. The Morgan fingerprint density at radius 3 is 2.67 bits per heavy atom. The van der Waals surface area contributed by atoms with E-state index in [9.17, 15) is 0 Å². The average molecular weight is 214 g/mol. The van der Waals surface area contributed by atoms with Crippen LogP contribution < -0.4 is 11.3 Å². The van der Waals surface area contributed by atoms with Gasteiger partial charge in [-0.25, -0.2) is 0 Å². The number of nitrogens with one attached hydrogen (secondary N) is 1. The highest BCUT2D eigenvalue weighted by molar-refractivity contribution is 4.80. The van der Waals surface area contributed by atoms with Gasteiger partial charge >= 0.3 is 0 Å². The molecule has 0 aromatic heterocycles. The predicted molar refractivity (Wildman–Crippen MR) is 58.2 cm³/mol. The lowest BCUT2D eigenvalue weighted by atomic mass is 9.87. The fourth-order valence-electron chi connectivity index (χ4n) is 2.61. The average Bonchev–Trinajstić information content (AvgIpc) is 2.80. The standard InChI is InChI=1S/C11H22N2O2/c12-13-11(6-9-3-5-15-7-9)10-2-1-4-14-8-10/h9-11,13H,1-8,12H2. The molecule has 0 amide bonds. The minimum Gasteiger partial charge on any atom is -0.381 e. The van der Waals surface area contributed by atoms with Gasteiger partial charge in [0.15, 0.2) is 0 Å². The second kappa shape index (κ2) is 5.80. The molecule has 15 heavy (non-hydrogen) atoms. The fourth-order valence-corrected chi connectivity index (χ4v) is 2.61. The van der Waals surface area contributed by atoms with Crippen LogP contribution in [0.3, 0.4) is 0 Å². The highest BCUT2D eigenvalue weighted by Crippen LogP contribution is 2.25. The van der Waals surface area contributed by atoms with Gasteiger partial charge in [-0.05, 0) is 37.5 Å². The SMILES string of the molecule is NNC(CC1CCOC1)C1CCCOC1. The lowest BCUT2D eigenvalue weighted by Gasteiger charge is -2.31. The Labute approximate surface area is 91.5 Å². The van der Waals surface area contributed by atoms with Crippen LogP contribution in [0.1, 0.15) is 25.7 Å². The van der Waals surface area contributed by atoms with E-state index in [0.717, 1.165) is 32.8 Å². The molecular formula is C11H22N2O2. The van der Waals surface area contributed by atoms with Crippen molar-refractivity contribution in [3.05, 3.63) is 0 Å². The van der Waals surface area contributed by atoms with E-state index in [1.165, 1.54) is 19.3 Å². The van der Waals surface area contributed by atoms with E-state index in [2.05, 4.69) is 5.43 Å². The molecule has 0 spiro atoms. The van der Waals surface area contributed by atoms with Crippen molar-refractivity contribution < 1.29 is 9.47 Å². The Morgan fingerprint density at radius 1 is 1.20 bits per heavy atom. The molecule has 88 valence electrons. The highest BCUT2D eigenvalue weighted by atomic mass is 16.5. The maximum atomic E-state index is 5.64. The Kier molecular flexibility index (Phi) is 4.38. The van der Waals surface area contributed by atoms with Crippen LogP contribution in [0.15, 0.2) is 0 Å². The molecule has 2 rings (SSSR count). The number of rotatable bonds is 4. The summed E-state index contributed by atoms with van der Waals surface area (Å²) >= 11 is 0. The number of hydrazine groups is 1. The summed E-state index contributed by atoms with van der Waals surface area (Å²) in [5.41, 5.74) is 2.96. The summed E-state index contributed by atoms with van der Waals surface area (Å²) in [5.74, 6) is 6.91. The lowest BCUT2D eigenvalue weighted by molar-refractivity contribution is 0.0347. The number of ether oxygens (including phenoxy) is 2. The first-order chi connectivity index (χ1) is 7.40. The summed E-state index contributed by atoms with van der Waals surface area (Å²) in [7, 11) is 0. The third kappa shape index (κ3) is 3.14. The number of hydrogen-bond donors (Lipinski definition) is 2. The quantitative estimate of drug-likeness (QED) is 0.533. The summed E-state index contributed by atoms with van der Waals surface area (Å²) in [6, 6.07) is 0.400. The third-order valence-electron chi connectivity index (χ3n) is 3.59. The predicted octanol–water partition coefficient (Wildman–Crippen LogP) is 0.671. The van der Waals surface area contributed by atoms with Gasteiger partial charge in [0.1, 0.15) is 0 Å². The van der Waals surface area contributed by atoms with E-state index >= 15 is 0 Å². The highest BCUT2D eigenvalue weighted by Gasteiger charge is 2.27. The molecule has 4 nitrogen and oxygen atoms in total. The molecule has 0 aliphatic carbocycles. The van der Waals surface area contributed by atoms with Crippen molar-refractivity contribution in [2.75, 3.05) is 26.4 Å². The molecule has 0 aromatic rings. The van der Waals surface area contributed by atoms with Crippen molar-refractivity contribution in [3.63, 3.8) is 0 Å². The zero-order chi connectivity index (χ0) is 10.5. The number of hydrogen-bond acceptors (Lipinski definition) is 4. The van der Waals surface area contributed by atoms with Crippen LogP contribution in [-0.4, -0.2) is 32.5 Å². The second-order valence-corrected chi connectivity index (χ2v) is 4.72. The maximum absolute atomic E-state index is 5.64. The van der Waals surface area contributed by atoms with Gasteiger partial charge in [-0.1, -0.05) is 0 Å². The Morgan fingerprint density at radius 2 is 2.07 bits per heavy atom. The van der Waals surface area contributed by atoms with Crippen molar-refractivity contribution in [1.82, 2.24) is 5.43 Å². The van der Waals surface area contributed by atoms with Crippen molar-refractivity contribution >= 4 is 0 Å². The first-order valence-electron chi connectivity index (χ1n) is 6.01. The van der Waals surface area contributed by atoms with Gasteiger partial charge in [0.2, 0.25) is 0 Å². The maximum Gasteiger partial charge on any atom is 0.0509 e. The number of nitrogens with two attached hydrogens (primary N) is 1. The first-order valence-corrected chi connectivity index (χ1v) is 6.01. The summed E-state index contributed by atoms with van der Waals surface area (Å²) in [4.78, 5) is 0. The minimum atomic E-state index is 0.400. The van der Waals surface area contributed by atoms with E-state index in [4.69, 9.17) is 15.3 Å². The van der Waals surface area contributed by atoms with Crippen LogP contribution in [0.4, 0.5) is 0 Å². The molecule has 2 aliphatic rings. The van der Waals surface area contributed by atoms with Gasteiger partial charge in [0.05, 0.1) is 6.61 Å². The largest absolute Gasteiger partial charge is 0.381 e. The zero-order valence-electron chi connectivity index (χ0n) is 9.28. The van der Waals surface area contributed by atoms with Crippen LogP contribution in [-0.2, 0) is 9.47 Å². The van der Waals surface area contributed by atoms with Gasteiger partial charge in [0, 0.05) is 25.9 Å². The fraction of sp³-hybridized carbons (Fsp3) is 1.00. The van der Waals surface area contributed by atoms with Gasteiger partial charge in [-0.2, -0.15) is 0 Å². The molecule has 3 atom stereocenters. The second-order valence-electron chi connectivity index (χ2n) is 4.72. The molecule has 3 N–H and O–H groups in total. The van der Waals surface area contributed by atoms with E-state index in [-0.39, 0.29) is 0 Å². The summed E-state index contributed by atoms with van der Waals surface area (Å²) in [5, 5.41) is 0. The molecule has 2 heterocycles. The van der Waals surface area contributed by atoms with Crippen molar-refractivity contribution in [2.24, 2.45) is 17.7 Å². The van der Waals surface area contributed by atoms with Crippen LogP contribution in [0.5, 0.6) is 0 Å². The molecule has 0 radical (unpaired) electrons. The lowest BCUT2D eigenvalue weighted by Crippen LogP contribution is -2.45. The molecule has 2 fully saturated rings. The van der Waals surface area contributed by atoms with E-state index in [1.807, 2.05) is 0 Å². The zero-order valence-corrected chi connectivity index (χ0v) is 9.28. The molecule has 0 bridgehead atoms. The molecule has 0 saturated carbocycles. The third-order valence-corrected chi connectivity index (χ3v) is 3.59. The summed E-state index contributed by atoms with van der Waals surface area (Å²) in [6.07, 6.45) is 4.72. The molecule has 2 aliphatic heterocycles. The smallest absolute Gasteiger partial charge is 0.0509 e. The summed E-state index contributed by atoms with van der Waals surface area (Å²) in [6.45, 7) is 3.61. The summed E-state index contributed by atoms with van der Waals surface area (Å²) < 4.78 is 10.9. The van der Waals surface area contributed by atoms with E-state index in [0.29, 0.717) is 17.9 Å². The van der Waals surface area contributed by atoms with Crippen LogP contribution in [0.25, 0.3) is 0 Å². The van der Waals surface area contributed by atoms with Crippen LogP contribution >= 0.6 is 0 Å². The molecule has 0 aromatic carbocycles. The van der Waals surface area contributed by atoms with Crippen LogP contribution in [0, 0.1) is 11.8 Å². The topological polar surface area (TPSA) is 56.5 Å². The van der Waals surface area contributed by atoms with Crippen molar-refractivity contribution in [1.29, 1.82) is 0 Å². The monoisotopic (exact) mass is 214 g/mol. The molecule has 2 saturated heterocycles. The molecular weight excluding hydrogens is 192 g/mol. The Bertz CT molecular complexity index is 177. The van der Waals surface area contributed by atoms with Gasteiger partial charge in [-0.3, -0.25) is 11.3 Å². The molecule has 4 heteroatoms. The molecule has 3 unspecified atom stereocenters. The van der Waals surface area contributed by atoms with Gasteiger partial charge in [0.25, 0.3) is 0 Å². The normalized spacial score (nSPS) is 34.2. The van der Waals surface area contributed by atoms with Gasteiger partial charge in [-0.15, -0.1) is 0 Å². The van der Waals surface area contributed by atoms with Crippen molar-refractivity contribution in [2.45, 2.75) is 31.7 Å². The Balaban J connectivity index is 1.79. The first kappa shape index (κ1) is 11.3. The van der Waals surface area contributed by atoms with E-state index in [1.54, 1.807) is 0 Å². The van der Waals surface area contributed by atoms with Crippen molar-refractivity contribution in [3.8, 4) is 0 Å².